The third-order valence-corrected chi connectivity index (χ3v) is 5.54. The summed E-state index contributed by atoms with van der Waals surface area (Å²) in [6, 6.07) is 13.7. The molecule has 26 heavy (non-hydrogen) atoms. The van der Waals surface area contributed by atoms with Crippen LogP contribution in [0.1, 0.15) is 17.0 Å². The monoisotopic (exact) mass is 393 g/mol. The smallest absolute Gasteiger partial charge is 0.310 e. The van der Waals surface area contributed by atoms with Crippen LogP contribution in [0.5, 0.6) is 5.75 Å². The lowest BCUT2D eigenvalue weighted by Crippen LogP contribution is -2.24. The zero-order valence-electron chi connectivity index (χ0n) is 14.7. The Bertz CT molecular complexity index is 782. The van der Waals surface area contributed by atoms with E-state index in [4.69, 9.17) is 32.7 Å². The van der Waals surface area contributed by atoms with Gasteiger partial charge in [-0.05, 0) is 11.6 Å². The Morgan fingerprint density at radius 2 is 1.81 bits per heavy atom. The zero-order valence-corrected chi connectivity index (χ0v) is 16.3. The molecule has 1 fully saturated rings. The maximum Gasteiger partial charge on any atom is 0.310 e. The van der Waals surface area contributed by atoms with E-state index in [0.29, 0.717) is 28.9 Å². The van der Waals surface area contributed by atoms with Gasteiger partial charge in [0, 0.05) is 37.2 Å². The first-order valence-corrected chi connectivity index (χ1v) is 9.16. The van der Waals surface area contributed by atoms with Gasteiger partial charge in [-0.1, -0.05) is 53.5 Å². The third-order valence-electron chi connectivity index (χ3n) is 4.82. The average Bonchev–Trinajstić information content (AvgIpc) is 3.07. The number of hydrogen-bond acceptors (Lipinski definition) is 4. The summed E-state index contributed by atoms with van der Waals surface area (Å²) in [7, 11) is 3.01. The molecule has 1 saturated heterocycles. The molecule has 2 aromatic rings. The maximum atomic E-state index is 12.4. The van der Waals surface area contributed by atoms with Gasteiger partial charge in [0.15, 0.2) is 0 Å². The Kier molecular flexibility index (Phi) is 6.07. The largest absolute Gasteiger partial charge is 0.496 e. The van der Waals surface area contributed by atoms with Gasteiger partial charge < -0.3 is 9.47 Å². The highest BCUT2D eigenvalue weighted by Gasteiger charge is 2.40. The summed E-state index contributed by atoms with van der Waals surface area (Å²) in [6.07, 6.45) is 0. The van der Waals surface area contributed by atoms with Crippen LogP contribution in [0.3, 0.4) is 0 Å². The fourth-order valence-electron chi connectivity index (χ4n) is 3.57. The average molecular weight is 394 g/mol. The minimum atomic E-state index is -0.283. The predicted molar refractivity (Wildman–Crippen MR) is 103 cm³/mol. The Balaban J connectivity index is 1.91. The maximum absolute atomic E-state index is 12.4. The molecule has 1 aliphatic heterocycles. The van der Waals surface area contributed by atoms with Crippen molar-refractivity contribution in [2.45, 2.75) is 12.5 Å². The van der Waals surface area contributed by atoms with Gasteiger partial charge in [0.05, 0.1) is 30.2 Å². The van der Waals surface area contributed by atoms with Gasteiger partial charge in [-0.2, -0.15) is 0 Å². The number of halogens is 2. The lowest BCUT2D eigenvalue weighted by Gasteiger charge is -2.20. The number of nitrogens with zero attached hydrogens (tertiary/aromatic N) is 1. The Hall–Kier alpha value is -1.75. The second-order valence-electron chi connectivity index (χ2n) is 6.42. The molecule has 4 nitrogen and oxygen atoms in total. The lowest BCUT2D eigenvalue weighted by atomic mass is 9.88. The van der Waals surface area contributed by atoms with Gasteiger partial charge in [-0.3, -0.25) is 9.69 Å². The van der Waals surface area contributed by atoms with Gasteiger partial charge >= 0.3 is 5.97 Å². The zero-order chi connectivity index (χ0) is 18.7. The fourth-order valence-corrected chi connectivity index (χ4v) is 3.90. The Morgan fingerprint density at radius 3 is 2.46 bits per heavy atom. The van der Waals surface area contributed by atoms with Crippen molar-refractivity contribution in [1.82, 2.24) is 4.90 Å². The molecule has 0 aliphatic carbocycles. The molecule has 0 radical (unpaired) electrons. The van der Waals surface area contributed by atoms with E-state index in [1.807, 2.05) is 18.2 Å². The number of ether oxygens (including phenoxy) is 2. The molecule has 0 amide bonds. The SMILES string of the molecule is COC(=O)C1CN(Cc2ccccc2)CC1c1cc(Cl)c(Cl)cc1OC. The summed E-state index contributed by atoms with van der Waals surface area (Å²) in [5, 5.41) is 0.883. The number of carbonyl (C=O) groups excluding carboxylic acids is 1. The fraction of sp³-hybridized carbons (Fsp3) is 0.350. The Labute approximate surface area is 163 Å². The molecule has 0 spiro atoms. The van der Waals surface area contributed by atoms with E-state index in [1.54, 1.807) is 19.2 Å². The number of hydrogen-bond donors (Lipinski definition) is 0. The number of rotatable bonds is 5. The van der Waals surface area contributed by atoms with E-state index in [2.05, 4.69) is 17.0 Å². The quantitative estimate of drug-likeness (QED) is 0.706. The molecule has 3 rings (SSSR count). The van der Waals surface area contributed by atoms with E-state index in [0.717, 1.165) is 12.1 Å². The molecule has 0 bridgehead atoms. The van der Waals surface area contributed by atoms with Crippen LogP contribution in [0.15, 0.2) is 42.5 Å². The molecule has 1 aliphatic rings. The molecular weight excluding hydrogens is 373 g/mol. The summed E-state index contributed by atoms with van der Waals surface area (Å²) >= 11 is 12.4. The van der Waals surface area contributed by atoms with Crippen molar-refractivity contribution < 1.29 is 14.3 Å². The van der Waals surface area contributed by atoms with Crippen molar-refractivity contribution in [3.8, 4) is 5.75 Å². The highest BCUT2D eigenvalue weighted by atomic mass is 35.5. The normalized spacial score (nSPS) is 20.2. The highest BCUT2D eigenvalue weighted by molar-refractivity contribution is 6.42. The molecule has 0 saturated carbocycles. The second-order valence-corrected chi connectivity index (χ2v) is 7.24. The van der Waals surface area contributed by atoms with Crippen LogP contribution in [-0.2, 0) is 16.1 Å². The van der Waals surface area contributed by atoms with Crippen LogP contribution in [0.25, 0.3) is 0 Å². The molecule has 6 heteroatoms. The van der Waals surface area contributed by atoms with E-state index >= 15 is 0 Å². The van der Waals surface area contributed by atoms with E-state index in [-0.39, 0.29) is 17.8 Å². The number of methoxy groups -OCH3 is 2. The molecule has 0 aromatic heterocycles. The second kappa shape index (κ2) is 8.30. The van der Waals surface area contributed by atoms with Crippen LogP contribution >= 0.6 is 23.2 Å². The number of benzene rings is 2. The van der Waals surface area contributed by atoms with Gasteiger partial charge in [0.25, 0.3) is 0 Å². The van der Waals surface area contributed by atoms with Crippen molar-refractivity contribution in [2.24, 2.45) is 5.92 Å². The standard InChI is InChI=1S/C20H21Cl2NO3/c1-25-19-9-18(22)17(21)8-14(19)15-11-23(12-16(15)20(24)26-2)10-13-6-4-3-5-7-13/h3-9,15-16H,10-12H2,1-2H3. The summed E-state index contributed by atoms with van der Waals surface area (Å²) in [4.78, 5) is 14.7. The first kappa shape index (κ1) is 19.0. The van der Waals surface area contributed by atoms with Crippen LogP contribution in [0.4, 0.5) is 0 Å². The van der Waals surface area contributed by atoms with Crippen molar-refractivity contribution in [1.29, 1.82) is 0 Å². The topological polar surface area (TPSA) is 38.8 Å². The predicted octanol–water partition coefficient (Wildman–Crippen LogP) is 4.39. The van der Waals surface area contributed by atoms with Gasteiger partial charge in [-0.25, -0.2) is 0 Å². The molecule has 2 aromatic carbocycles. The van der Waals surface area contributed by atoms with Gasteiger partial charge in [0.1, 0.15) is 5.75 Å². The molecule has 2 unspecified atom stereocenters. The molecule has 138 valence electrons. The summed E-state index contributed by atoms with van der Waals surface area (Å²) in [6.45, 7) is 2.10. The first-order valence-electron chi connectivity index (χ1n) is 8.40. The molecule has 2 atom stereocenters. The van der Waals surface area contributed by atoms with Gasteiger partial charge in [-0.15, -0.1) is 0 Å². The van der Waals surface area contributed by atoms with Crippen LogP contribution in [0, 0.1) is 5.92 Å². The van der Waals surface area contributed by atoms with E-state index in [1.165, 1.54) is 12.7 Å². The van der Waals surface area contributed by atoms with Crippen molar-refractivity contribution in [3.63, 3.8) is 0 Å². The van der Waals surface area contributed by atoms with Crippen molar-refractivity contribution >= 4 is 29.2 Å². The van der Waals surface area contributed by atoms with Gasteiger partial charge in [0.2, 0.25) is 0 Å². The summed E-state index contributed by atoms with van der Waals surface area (Å²) < 4.78 is 10.5. The Morgan fingerprint density at radius 1 is 1.12 bits per heavy atom. The lowest BCUT2D eigenvalue weighted by molar-refractivity contribution is -0.145. The third kappa shape index (κ3) is 3.98. The minimum absolute atomic E-state index is 0.0733. The van der Waals surface area contributed by atoms with Crippen LogP contribution in [0.2, 0.25) is 10.0 Å². The molecule has 0 N–H and O–H groups in total. The van der Waals surface area contributed by atoms with E-state index in [9.17, 15) is 4.79 Å². The number of likely N-dealkylation sites (tertiary alicyclic amines) is 1. The highest BCUT2D eigenvalue weighted by Crippen LogP contribution is 2.41. The minimum Gasteiger partial charge on any atom is -0.496 e. The molecule has 1 heterocycles. The van der Waals surface area contributed by atoms with Crippen LogP contribution < -0.4 is 4.74 Å². The molecular formula is C20H21Cl2NO3. The van der Waals surface area contributed by atoms with E-state index < -0.39 is 0 Å². The number of esters is 1. The summed E-state index contributed by atoms with van der Waals surface area (Å²) in [5.74, 6) is 0.0595. The van der Waals surface area contributed by atoms with Crippen LogP contribution in [-0.4, -0.2) is 38.2 Å². The van der Waals surface area contributed by atoms with Crippen molar-refractivity contribution in [3.05, 3.63) is 63.6 Å². The summed E-state index contributed by atoms with van der Waals surface area (Å²) in [5.41, 5.74) is 2.09. The number of carbonyl (C=O) groups is 1. The van der Waals surface area contributed by atoms with Crippen molar-refractivity contribution in [2.75, 3.05) is 27.3 Å². The first-order chi connectivity index (χ1) is 12.5.